The van der Waals surface area contributed by atoms with Crippen molar-refractivity contribution in [1.29, 1.82) is 0 Å². The van der Waals surface area contributed by atoms with E-state index in [0.717, 1.165) is 16.7 Å². The minimum atomic E-state index is -1.33. The molecule has 0 fully saturated rings. The third-order valence-corrected chi connectivity index (χ3v) is 6.70. The summed E-state index contributed by atoms with van der Waals surface area (Å²) in [5.41, 5.74) is 8.34. The second-order valence-corrected chi connectivity index (χ2v) is 11.4. The number of hydrogen-bond acceptors (Lipinski definition) is 8. The van der Waals surface area contributed by atoms with E-state index in [-0.39, 0.29) is 24.3 Å². The van der Waals surface area contributed by atoms with Gasteiger partial charge in [-0.1, -0.05) is 36.4 Å². The van der Waals surface area contributed by atoms with Gasteiger partial charge >= 0.3 is 5.97 Å². The molecule has 2 aromatic carbocycles. The predicted octanol–water partition coefficient (Wildman–Crippen LogP) is 0.990. The molecule has 0 heterocycles. The van der Waals surface area contributed by atoms with Crippen molar-refractivity contribution in [3.05, 3.63) is 65.2 Å². The largest absolute Gasteiger partial charge is 0.508 e. The molecule has 0 bridgehead atoms. The van der Waals surface area contributed by atoms with E-state index in [1.165, 1.54) is 6.07 Å². The molecule has 0 saturated carbocycles. The summed E-state index contributed by atoms with van der Waals surface area (Å²) >= 11 is 8.47. The van der Waals surface area contributed by atoms with Crippen LogP contribution in [0.15, 0.2) is 48.5 Å². The van der Waals surface area contributed by atoms with Gasteiger partial charge < -0.3 is 31.9 Å². The SMILES string of the molecule is Cc1cc(O)ccc1C[C@@H](N)C(=O)N[C@H](CS)C(=O)N[C@@H](Cc1ccccc1)C(=O)N[C@@H](C(=O)O)C(C)(C)S. The van der Waals surface area contributed by atoms with Crippen LogP contribution in [0.1, 0.15) is 30.5 Å². The molecule has 0 spiro atoms. The van der Waals surface area contributed by atoms with Gasteiger partial charge in [-0.05, 0) is 56.0 Å². The normalized spacial score (nSPS) is 14.4. The van der Waals surface area contributed by atoms with Crippen LogP contribution >= 0.6 is 25.3 Å². The molecule has 0 aliphatic heterocycles. The first-order valence-corrected chi connectivity index (χ1v) is 13.4. The fourth-order valence-electron chi connectivity index (χ4n) is 3.83. The number of amides is 3. The summed E-state index contributed by atoms with van der Waals surface area (Å²) in [5, 5.41) is 26.8. The fourth-order valence-corrected chi connectivity index (χ4v) is 4.26. The van der Waals surface area contributed by atoms with Crippen molar-refractivity contribution in [2.45, 2.75) is 62.5 Å². The van der Waals surface area contributed by atoms with Crippen LogP contribution in [-0.4, -0.2) is 68.6 Å². The van der Waals surface area contributed by atoms with Gasteiger partial charge in [-0.25, -0.2) is 4.79 Å². The second-order valence-electron chi connectivity index (χ2n) is 9.85. The summed E-state index contributed by atoms with van der Waals surface area (Å²) in [5.74, 6) is -3.24. The number of aliphatic carboxylic acids is 1. The number of carboxylic acid groups (broad SMARTS) is 1. The van der Waals surface area contributed by atoms with E-state index in [0.29, 0.717) is 0 Å². The number of phenols is 1. The predicted molar refractivity (Wildman–Crippen MR) is 155 cm³/mol. The molecular formula is C27H36N4O6S2. The van der Waals surface area contributed by atoms with Crippen LogP contribution in [0.5, 0.6) is 5.75 Å². The van der Waals surface area contributed by atoms with Gasteiger partial charge in [0, 0.05) is 16.9 Å². The molecule has 2 aromatic rings. The third-order valence-electron chi connectivity index (χ3n) is 6.07. The number of thiol groups is 2. The Hall–Kier alpha value is -3.22. The highest BCUT2D eigenvalue weighted by molar-refractivity contribution is 7.81. The fraction of sp³-hybridized carbons (Fsp3) is 0.407. The summed E-state index contributed by atoms with van der Waals surface area (Å²) in [6.45, 7) is 4.88. The second kappa shape index (κ2) is 14.2. The molecule has 0 radical (unpaired) electrons. The molecule has 0 aliphatic rings. The van der Waals surface area contributed by atoms with Crippen molar-refractivity contribution in [2.75, 3.05) is 5.75 Å². The number of carbonyl (C=O) groups excluding carboxylic acids is 3. The Bertz CT molecular complexity index is 1170. The lowest BCUT2D eigenvalue weighted by Gasteiger charge is -2.29. The average Bonchev–Trinajstić information content (AvgIpc) is 2.86. The van der Waals surface area contributed by atoms with Gasteiger partial charge in [0.25, 0.3) is 0 Å². The lowest BCUT2D eigenvalue weighted by atomic mass is 10.00. The first-order valence-electron chi connectivity index (χ1n) is 12.3. The number of nitrogens with two attached hydrogens (primary N) is 1. The molecule has 10 nitrogen and oxygen atoms in total. The molecule has 0 saturated heterocycles. The first kappa shape index (κ1) is 32.0. The number of aromatic hydroxyl groups is 1. The van der Waals surface area contributed by atoms with E-state index in [1.54, 1.807) is 63.2 Å². The van der Waals surface area contributed by atoms with Crippen molar-refractivity contribution < 1.29 is 29.4 Å². The third kappa shape index (κ3) is 9.79. The van der Waals surface area contributed by atoms with Gasteiger partial charge in [0.2, 0.25) is 17.7 Å². The van der Waals surface area contributed by atoms with Crippen molar-refractivity contribution in [3.8, 4) is 5.75 Å². The van der Waals surface area contributed by atoms with Crippen molar-refractivity contribution in [2.24, 2.45) is 5.73 Å². The van der Waals surface area contributed by atoms with Crippen LogP contribution in [0.2, 0.25) is 0 Å². The monoisotopic (exact) mass is 576 g/mol. The highest BCUT2D eigenvalue weighted by Gasteiger charge is 2.36. The Morgan fingerprint density at radius 2 is 1.51 bits per heavy atom. The minimum Gasteiger partial charge on any atom is -0.508 e. The van der Waals surface area contributed by atoms with Crippen LogP contribution < -0.4 is 21.7 Å². The zero-order valence-corrected chi connectivity index (χ0v) is 23.8. The van der Waals surface area contributed by atoms with Crippen LogP contribution in [0.3, 0.4) is 0 Å². The van der Waals surface area contributed by atoms with E-state index < -0.39 is 52.6 Å². The molecule has 212 valence electrons. The number of phenolic OH excluding ortho intramolecular Hbond substituents is 1. The molecule has 39 heavy (non-hydrogen) atoms. The molecule has 2 rings (SSSR count). The number of carboxylic acids is 1. The van der Waals surface area contributed by atoms with Gasteiger partial charge in [0.05, 0.1) is 6.04 Å². The van der Waals surface area contributed by atoms with Crippen LogP contribution in [-0.2, 0) is 32.0 Å². The van der Waals surface area contributed by atoms with Gasteiger partial charge in [0.1, 0.15) is 23.9 Å². The molecule has 4 atom stereocenters. The molecule has 0 unspecified atom stereocenters. The first-order chi connectivity index (χ1) is 18.2. The quantitative estimate of drug-likeness (QED) is 0.164. The summed E-state index contributed by atoms with van der Waals surface area (Å²) in [6.07, 6.45) is 0.249. The van der Waals surface area contributed by atoms with Gasteiger partial charge in [-0.15, -0.1) is 0 Å². The van der Waals surface area contributed by atoms with E-state index in [9.17, 15) is 29.4 Å². The van der Waals surface area contributed by atoms with E-state index in [4.69, 9.17) is 5.73 Å². The van der Waals surface area contributed by atoms with E-state index >= 15 is 0 Å². The van der Waals surface area contributed by atoms with Gasteiger partial charge in [-0.2, -0.15) is 25.3 Å². The molecule has 12 heteroatoms. The summed E-state index contributed by atoms with van der Waals surface area (Å²) in [4.78, 5) is 50.9. The number of carbonyl (C=O) groups is 4. The van der Waals surface area contributed by atoms with Crippen molar-refractivity contribution in [3.63, 3.8) is 0 Å². The smallest absolute Gasteiger partial charge is 0.327 e. The number of hydrogen-bond donors (Lipinski definition) is 8. The maximum atomic E-state index is 13.2. The van der Waals surface area contributed by atoms with Gasteiger partial charge in [-0.3, -0.25) is 14.4 Å². The number of benzene rings is 2. The topological polar surface area (TPSA) is 171 Å². The highest BCUT2D eigenvalue weighted by atomic mass is 32.1. The Labute approximate surface area is 238 Å². The molecule has 0 aromatic heterocycles. The van der Waals surface area contributed by atoms with Crippen LogP contribution in [0, 0.1) is 6.92 Å². The zero-order valence-electron chi connectivity index (χ0n) is 22.0. The minimum absolute atomic E-state index is 0.0740. The van der Waals surface area contributed by atoms with E-state index in [1.807, 2.05) is 0 Å². The molecule has 7 N–H and O–H groups in total. The lowest BCUT2D eigenvalue weighted by molar-refractivity contribution is -0.143. The Morgan fingerprint density at radius 3 is 2.05 bits per heavy atom. The van der Waals surface area contributed by atoms with Crippen molar-refractivity contribution >= 4 is 48.9 Å². The Kier molecular flexibility index (Phi) is 11.7. The Morgan fingerprint density at radius 1 is 0.923 bits per heavy atom. The summed E-state index contributed by atoms with van der Waals surface area (Å²) in [6, 6.07) is 9.04. The van der Waals surface area contributed by atoms with Crippen LogP contribution in [0.4, 0.5) is 0 Å². The maximum absolute atomic E-state index is 13.2. The number of rotatable bonds is 13. The molecule has 0 aliphatic carbocycles. The average molecular weight is 577 g/mol. The zero-order chi connectivity index (χ0) is 29.3. The number of aryl methyl sites for hydroxylation is 1. The standard InChI is InChI=1S/C27H36N4O6S2/c1-15-11-18(32)10-9-17(15)13-19(28)23(33)30-21(14-38)25(35)29-20(12-16-7-5-4-6-8-16)24(34)31-22(26(36)37)27(2,3)39/h4-11,19-22,32,38-39H,12-14,28H2,1-3H3,(H,29,35)(H,30,33)(H,31,34)(H,36,37)/t19-,20+,21-,22+/m1/s1. The van der Waals surface area contributed by atoms with Gasteiger partial charge in [0.15, 0.2) is 0 Å². The summed E-state index contributed by atoms with van der Waals surface area (Å²) in [7, 11) is 0. The van der Waals surface area contributed by atoms with Crippen LogP contribution in [0.25, 0.3) is 0 Å². The van der Waals surface area contributed by atoms with E-state index in [2.05, 4.69) is 41.2 Å². The Balaban J connectivity index is 2.16. The maximum Gasteiger partial charge on any atom is 0.327 e. The molecule has 3 amide bonds. The highest BCUT2D eigenvalue weighted by Crippen LogP contribution is 2.19. The van der Waals surface area contributed by atoms with Crippen molar-refractivity contribution in [1.82, 2.24) is 16.0 Å². The summed E-state index contributed by atoms with van der Waals surface area (Å²) < 4.78 is -1.09. The molecular weight excluding hydrogens is 540 g/mol. The lowest BCUT2D eigenvalue weighted by Crippen LogP contribution is -2.60. The number of nitrogens with one attached hydrogen (secondary N) is 3.